The largest absolute Gasteiger partial charge is 0.416 e. The highest BCUT2D eigenvalue weighted by Gasteiger charge is 2.32. The minimum atomic E-state index is -4.38. The fraction of sp³-hybridized carbons (Fsp3) is 0.300. The van der Waals surface area contributed by atoms with Crippen LogP contribution in [0.5, 0.6) is 0 Å². The van der Waals surface area contributed by atoms with E-state index in [4.69, 9.17) is 4.74 Å². The Labute approximate surface area is 159 Å². The van der Waals surface area contributed by atoms with Gasteiger partial charge in [-0.05, 0) is 24.3 Å². The monoisotopic (exact) mass is 389 g/mol. The topological polar surface area (TPSA) is 67.3 Å². The van der Waals surface area contributed by atoms with Gasteiger partial charge in [-0.3, -0.25) is 9.97 Å². The molecule has 0 radical (unpaired) electrons. The van der Waals surface area contributed by atoms with Gasteiger partial charge in [-0.15, -0.1) is 0 Å². The van der Waals surface area contributed by atoms with Gasteiger partial charge >= 0.3 is 6.18 Å². The van der Waals surface area contributed by atoms with Crippen LogP contribution in [0.4, 0.5) is 18.9 Å². The van der Waals surface area contributed by atoms with E-state index in [0.717, 1.165) is 17.5 Å². The third-order valence-corrected chi connectivity index (χ3v) is 4.82. The number of nitrogens with one attached hydrogen (secondary N) is 1. The molecule has 1 aliphatic heterocycles. The van der Waals surface area contributed by atoms with Crippen LogP contribution in [-0.4, -0.2) is 40.4 Å². The Bertz CT molecular complexity index is 984. The molecule has 5 nitrogen and oxygen atoms in total. The molecule has 2 N–H and O–H groups in total. The molecule has 1 saturated heterocycles. The number of alkyl halides is 3. The Hall–Kier alpha value is -2.71. The van der Waals surface area contributed by atoms with Crippen molar-refractivity contribution in [1.82, 2.24) is 9.97 Å². The van der Waals surface area contributed by atoms with Crippen molar-refractivity contribution < 1.29 is 23.0 Å². The maximum Gasteiger partial charge on any atom is 0.416 e. The molecular formula is C20H18F3N3O2. The third-order valence-electron chi connectivity index (χ3n) is 4.82. The van der Waals surface area contributed by atoms with Gasteiger partial charge in [0.2, 0.25) is 0 Å². The van der Waals surface area contributed by atoms with E-state index in [9.17, 15) is 18.3 Å². The maximum absolute atomic E-state index is 12.8. The lowest BCUT2D eigenvalue weighted by Crippen LogP contribution is -2.37. The van der Waals surface area contributed by atoms with Crippen molar-refractivity contribution in [3.8, 4) is 11.3 Å². The normalized spacial score (nSPS) is 19.9. The fourth-order valence-corrected chi connectivity index (χ4v) is 3.24. The number of hydrogen-bond acceptors (Lipinski definition) is 5. The molecular weight excluding hydrogens is 371 g/mol. The number of nitrogens with zero attached hydrogens (tertiary/aromatic N) is 2. The molecule has 28 heavy (non-hydrogen) atoms. The molecule has 0 unspecified atom stereocenters. The van der Waals surface area contributed by atoms with E-state index in [1.54, 1.807) is 18.5 Å². The first-order chi connectivity index (χ1) is 13.4. The summed E-state index contributed by atoms with van der Waals surface area (Å²) >= 11 is 0. The lowest BCUT2D eigenvalue weighted by molar-refractivity contribution is -0.137. The van der Waals surface area contributed by atoms with E-state index in [-0.39, 0.29) is 6.61 Å². The molecule has 1 fully saturated rings. The first-order valence-electron chi connectivity index (χ1n) is 8.81. The van der Waals surface area contributed by atoms with Gasteiger partial charge in [0.15, 0.2) is 0 Å². The number of benzene rings is 1. The van der Waals surface area contributed by atoms with Gasteiger partial charge in [-0.25, -0.2) is 0 Å². The standard InChI is InChI=1S/C20H18F3N3O2/c21-20(22,23)14-5-3-13(4-6-14)17-18-15(2-1-8-24-18)16(10-25-17)26-11-19(27)7-9-28-12-19/h1-6,8,10,26-27H,7,9,11-12H2/t19-/m1/s1. The highest BCUT2D eigenvalue weighted by Crippen LogP contribution is 2.33. The van der Waals surface area contributed by atoms with Crippen molar-refractivity contribution in [2.75, 3.05) is 25.1 Å². The minimum Gasteiger partial charge on any atom is -0.386 e. The zero-order valence-electron chi connectivity index (χ0n) is 14.8. The van der Waals surface area contributed by atoms with Crippen molar-refractivity contribution in [2.45, 2.75) is 18.2 Å². The summed E-state index contributed by atoms with van der Waals surface area (Å²) in [4.78, 5) is 8.79. The second kappa shape index (κ2) is 7.03. The Kier molecular flexibility index (Phi) is 4.68. The zero-order valence-corrected chi connectivity index (χ0v) is 14.8. The van der Waals surface area contributed by atoms with Crippen LogP contribution in [0.25, 0.3) is 22.2 Å². The second-order valence-electron chi connectivity index (χ2n) is 6.88. The Morgan fingerprint density at radius 3 is 2.61 bits per heavy atom. The van der Waals surface area contributed by atoms with E-state index < -0.39 is 17.3 Å². The quantitative estimate of drug-likeness (QED) is 0.709. The average Bonchev–Trinajstić information content (AvgIpc) is 3.12. The number of aliphatic hydroxyl groups is 1. The SMILES string of the molecule is O[C@@]1(CNc2cnc(-c3ccc(C(F)(F)F)cc3)c3ncccc23)CCOC1. The molecule has 3 aromatic rings. The van der Waals surface area contributed by atoms with Gasteiger partial charge in [0.25, 0.3) is 0 Å². The first kappa shape index (κ1) is 18.6. The predicted octanol–water partition coefficient (Wildman–Crippen LogP) is 3.88. The molecule has 8 heteroatoms. The van der Waals surface area contributed by atoms with Crippen LogP contribution in [0, 0.1) is 0 Å². The van der Waals surface area contributed by atoms with Crippen molar-refractivity contribution in [3.05, 3.63) is 54.4 Å². The van der Waals surface area contributed by atoms with Crippen LogP contribution < -0.4 is 5.32 Å². The summed E-state index contributed by atoms with van der Waals surface area (Å²) < 4.78 is 43.7. The summed E-state index contributed by atoms with van der Waals surface area (Å²) in [5, 5.41) is 14.4. The van der Waals surface area contributed by atoms with Crippen molar-refractivity contribution in [2.24, 2.45) is 0 Å². The van der Waals surface area contributed by atoms with Crippen molar-refractivity contribution in [3.63, 3.8) is 0 Å². The van der Waals surface area contributed by atoms with E-state index in [2.05, 4.69) is 15.3 Å². The van der Waals surface area contributed by atoms with Crippen LogP contribution in [0.2, 0.25) is 0 Å². The summed E-state index contributed by atoms with van der Waals surface area (Å²) in [7, 11) is 0. The summed E-state index contributed by atoms with van der Waals surface area (Å²) in [6, 6.07) is 8.49. The number of rotatable bonds is 4. The molecule has 0 amide bonds. The number of ether oxygens (including phenoxy) is 1. The Balaban J connectivity index is 1.67. The molecule has 2 aromatic heterocycles. The van der Waals surface area contributed by atoms with Gasteiger partial charge in [-0.1, -0.05) is 12.1 Å². The lowest BCUT2D eigenvalue weighted by atomic mass is 10.0. The summed E-state index contributed by atoms with van der Waals surface area (Å²) in [5.41, 5.74) is 0.671. The van der Waals surface area contributed by atoms with Gasteiger partial charge < -0.3 is 15.2 Å². The molecule has 1 atom stereocenters. The number of aromatic nitrogens is 2. The van der Waals surface area contributed by atoms with E-state index in [0.29, 0.717) is 42.0 Å². The Morgan fingerprint density at radius 1 is 1.14 bits per heavy atom. The molecule has 4 rings (SSSR count). The highest BCUT2D eigenvalue weighted by atomic mass is 19.4. The molecule has 0 spiro atoms. The van der Waals surface area contributed by atoms with Crippen LogP contribution in [0.15, 0.2) is 48.8 Å². The summed E-state index contributed by atoms with van der Waals surface area (Å²) in [6.07, 6.45) is -0.618. The number of anilines is 1. The molecule has 3 heterocycles. The molecule has 0 aliphatic carbocycles. The molecule has 0 saturated carbocycles. The lowest BCUT2D eigenvalue weighted by Gasteiger charge is -2.22. The first-order valence-corrected chi connectivity index (χ1v) is 8.81. The van der Waals surface area contributed by atoms with Gasteiger partial charge in [0, 0.05) is 36.7 Å². The minimum absolute atomic E-state index is 0.271. The van der Waals surface area contributed by atoms with Gasteiger partial charge in [-0.2, -0.15) is 13.2 Å². The number of halogens is 3. The molecule has 1 aliphatic rings. The molecule has 1 aromatic carbocycles. The third kappa shape index (κ3) is 3.65. The van der Waals surface area contributed by atoms with E-state index in [1.165, 1.54) is 12.1 Å². The van der Waals surface area contributed by atoms with Crippen LogP contribution in [-0.2, 0) is 10.9 Å². The van der Waals surface area contributed by atoms with Crippen molar-refractivity contribution >= 4 is 16.6 Å². The van der Waals surface area contributed by atoms with Gasteiger partial charge in [0.1, 0.15) is 5.60 Å². The maximum atomic E-state index is 12.8. The second-order valence-corrected chi connectivity index (χ2v) is 6.88. The number of pyridine rings is 2. The average molecular weight is 389 g/mol. The summed E-state index contributed by atoms with van der Waals surface area (Å²) in [6.45, 7) is 1.09. The zero-order chi connectivity index (χ0) is 19.8. The Morgan fingerprint density at radius 2 is 1.93 bits per heavy atom. The van der Waals surface area contributed by atoms with Crippen LogP contribution in [0.3, 0.4) is 0 Å². The van der Waals surface area contributed by atoms with Crippen LogP contribution in [0.1, 0.15) is 12.0 Å². The fourth-order valence-electron chi connectivity index (χ4n) is 3.24. The van der Waals surface area contributed by atoms with Gasteiger partial charge in [0.05, 0.1) is 35.3 Å². The van der Waals surface area contributed by atoms with E-state index in [1.807, 2.05) is 6.07 Å². The molecule has 146 valence electrons. The smallest absolute Gasteiger partial charge is 0.386 e. The van der Waals surface area contributed by atoms with Crippen LogP contribution >= 0.6 is 0 Å². The number of fused-ring (bicyclic) bond motifs is 1. The predicted molar refractivity (Wildman–Crippen MR) is 98.9 cm³/mol. The summed E-state index contributed by atoms with van der Waals surface area (Å²) in [5.74, 6) is 0. The van der Waals surface area contributed by atoms with Crippen molar-refractivity contribution in [1.29, 1.82) is 0 Å². The highest BCUT2D eigenvalue weighted by molar-refractivity contribution is 5.98. The van der Waals surface area contributed by atoms with E-state index >= 15 is 0 Å². The number of hydrogen-bond donors (Lipinski definition) is 2. The molecule has 0 bridgehead atoms.